The molecule has 0 aliphatic carbocycles. The summed E-state index contributed by atoms with van der Waals surface area (Å²) in [6, 6.07) is 6.93. The molecule has 0 saturated carbocycles. The smallest absolute Gasteiger partial charge is 0.310 e. The summed E-state index contributed by atoms with van der Waals surface area (Å²) in [6.45, 7) is 2.65. The van der Waals surface area contributed by atoms with E-state index in [9.17, 15) is 14.7 Å². The van der Waals surface area contributed by atoms with Gasteiger partial charge in [-0.15, -0.1) is 0 Å². The quantitative estimate of drug-likeness (QED) is 0.829. The first kappa shape index (κ1) is 16.8. The number of rotatable bonds is 5. The van der Waals surface area contributed by atoms with Gasteiger partial charge in [0, 0.05) is 23.6 Å². The van der Waals surface area contributed by atoms with Crippen molar-refractivity contribution in [3.63, 3.8) is 0 Å². The molecule has 22 heavy (non-hydrogen) atoms. The third kappa shape index (κ3) is 4.01. The fourth-order valence-electron chi connectivity index (χ4n) is 2.48. The molecule has 1 amide bonds. The summed E-state index contributed by atoms with van der Waals surface area (Å²) in [7, 11) is 0. The van der Waals surface area contributed by atoms with Gasteiger partial charge in [0.2, 0.25) is 0 Å². The van der Waals surface area contributed by atoms with Crippen LogP contribution in [0.15, 0.2) is 24.3 Å². The van der Waals surface area contributed by atoms with Gasteiger partial charge in [0.15, 0.2) is 0 Å². The summed E-state index contributed by atoms with van der Waals surface area (Å²) >= 11 is 1.74. The molecule has 1 aliphatic heterocycles. The number of ether oxygens (including phenoxy) is 1. The number of benzene rings is 1. The zero-order valence-electron chi connectivity index (χ0n) is 12.7. The van der Waals surface area contributed by atoms with Crippen LogP contribution in [-0.4, -0.2) is 59.2 Å². The second-order valence-corrected chi connectivity index (χ2v) is 6.20. The van der Waals surface area contributed by atoms with E-state index in [1.807, 2.05) is 0 Å². The fourth-order valence-corrected chi connectivity index (χ4v) is 3.53. The Labute approximate surface area is 134 Å². The van der Waals surface area contributed by atoms with Crippen LogP contribution in [0.2, 0.25) is 0 Å². The van der Waals surface area contributed by atoms with Crippen LogP contribution in [0.5, 0.6) is 0 Å². The van der Waals surface area contributed by atoms with Gasteiger partial charge in [-0.2, -0.15) is 11.8 Å². The van der Waals surface area contributed by atoms with Gasteiger partial charge in [-0.05, 0) is 18.6 Å². The average molecular weight is 323 g/mol. The van der Waals surface area contributed by atoms with Crippen LogP contribution in [-0.2, 0) is 16.0 Å². The Morgan fingerprint density at radius 2 is 2.18 bits per heavy atom. The Morgan fingerprint density at radius 3 is 2.91 bits per heavy atom. The number of nitrogens with zero attached hydrogens (tertiary/aromatic N) is 1. The summed E-state index contributed by atoms with van der Waals surface area (Å²) < 4.78 is 4.96. The van der Waals surface area contributed by atoms with Crippen molar-refractivity contribution < 1.29 is 19.4 Å². The molecule has 1 fully saturated rings. The molecule has 1 aromatic rings. The number of carbonyl (C=O) groups excluding carboxylic acids is 2. The molecule has 120 valence electrons. The highest BCUT2D eigenvalue weighted by atomic mass is 32.2. The van der Waals surface area contributed by atoms with Gasteiger partial charge in [0.05, 0.1) is 25.7 Å². The standard InChI is InChI=1S/C16H21NO4S/c1-2-21-15(19)9-12-5-3-4-6-14(12)16(20)17-7-8-22-11-13(17)10-18/h3-6,13,18H,2,7-11H2,1H3. The zero-order chi connectivity index (χ0) is 15.9. The molecule has 1 aliphatic rings. The van der Waals surface area contributed by atoms with Gasteiger partial charge < -0.3 is 14.7 Å². The van der Waals surface area contributed by atoms with Gasteiger partial charge >= 0.3 is 5.97 Å². The van der Waals surface area contributed by atoms with E-state index in [2.05, 4.69) is 0 Å². The molecule has 1 saturated heterocycles. The molecule has 5 nitrogen and oxygen atoms in total. The number of aliphatic hydroxyl groups is 1. The van der Waals surface area contributed by atoms with Gasteiger partial charge in [-0.25, -0.2) is 0 Å². The van der Waals surface area contributed by atoms with Crippen molar-refractivity contribution in [3.8, 4) is 0 Å². The molecule has 0 bridgehead atoms. The number of aliphatic hydroxyl groups excluding tert-OH is 1. The Balaban J connectivity index is 2.20. The normalized spacial score (nSPS) is 18.1. The van der Waals surface area contributed by atoms with Crippen LogP contribution in [0.1, 0.15) is 22.8 Å². The highest BCUT2D eigenvalue weighted by Gasteiger charge is 2.28. The van der Waals surface area contributed by atoms with E-state index in [1.54, 1.807) is 47.9 Å². The van der Waals surface area contributed by atoms with Gasteiger partial charge in [-0.3, -0.25) is 9.59 Å². The number of amides is 1. The van der Waals surface area contributed by atoms with Gasteiger partial charge in [0.1, 0.15) is 0 Å². The second-order valence-electron chi connectivity index (χ2n) is 5.05. The first-order valence-electron chi connectivity index (χ1n) is 7.40. The Bertz CT molecular complexity index is 535. The average Bonchev–Trinajstić information content (AvgIpc) is 2.55. The third-order valence-electron chi connectivity index (χ3n) is 3.59. The van der Waals surface area contributed by atoms with Crippen LogP contribution >= 0.6 is 11.8 Å². The Kier molecular flexibility index (Phi) is 6.27. The van der Waals surface area contributed by atoms with Crippen molar-refractivity contribution in [2.75, 3.05) is 31.3 Å². The summed E-state index contributed by atoms with van der Waals surface area (Å²) in [5, 5.41) is 9.46. The summed E-state index contributed by atoms with van der Waals surface area (Å²) in [5.74, 6) is 1.14. The molecule has 0 spiro atoms. The van der Waals surface area contributed by atoms with Crippen LogP contribution in [0.25, 0.3) is 0 Å². The summed E-state index contributed by atoms with van der Waals surface area (Å²) in [4.78, 5) is 26.2. The lowest BCUT2D eigenvalue weighted by Gasteiger charge is -2.34. The van der Waals surface area contributed by atoms with Crippen LogP contribution in [0.4, 0.5) is 0 Å². The van der Waals surface area contributed by atoms with E-state index in [0.29, 0.717) is 24.3 Å². The molecule has 1 atom stereocenters. The topological polar surface area (TPSA) is 66.8 Å². The predicted octanol–water partition coefficient (Wildman–Crippen LogP) is 1.34. The molecule has 1 heterocycles. The van der Waals surface area contributed by atoms with Crippen molar-refractivity contribution in [1.29, 1.82) is 0 Å². The van der Waals surface area contributed by atoms with E-state index in [1.165, 1.54) is 0 Å². The number of carbonyl (C=O) groups is 2. The molecule has 1 N–H and O–H groups in total. The molecule has 2 rings (SSSR count). The monoisotopic (exact) mass is 323 g/mol. The van der Waals surface area contributed by atoms with E-state index >= 15 is 0 Å². The summed E-state index contributed by atoms with van der Waals surface area (Å²) in [6.07, 6.45) is 0.0855. The highest BCUT2D eigenvalue weighted by Crippen LogP contribution is 2.21. The number of hydrogen-bond acceptors (Lipinski definition) is 5. The summed E-state index contributed by atoms with van der Waals surface area (Å²) in [5.41, 5.74) is 1.18. The van der Waals surface area contributed by atoms with Crippen molar-refractivity contribution in [3.05, 3.63) is 35.4 Å². The lowest BCUT2D eigenvalue weighted by molar-refractivity contribution is -0.142. The molecule has 6 heteroatoms. The Hall–Kier alpha value is -1.53. The van der Waals surface area contributed by atoms with Crippen LogP contribution in [0, 0.1) is 0 Å². The van der Waals surface area contributed by atoms with Crippen LogP contribution < -0.4 is 0 Å². The first-order valence-corrected chi connectivity index (χ1v) is 8.56. The van der Waals surface area contributed by atoms with Gasteiger partial charge in [0.25, 0.3) is 5.91 Å². The van der Waals surface area contributed by atoms with Crippen molar-refractivity contribution >= 4 is 23.6 Å². The van der Waals surface area contributed by atoms with Gasteiger partial charge in [-0.1, -0.05) is 18.2 Å². The predicted molar refractivity (Wildman–Crippen MR) is 86.0 cm³/mol. The fraction of sp³-hybridized carbons (Fsp3) is 0.500. The maximum absolute atomic E-state index is 12.8. The highest BCUT2D eigenvalue weighted by molar-refractivity contribution is 7.99. The first-order chi connectivity index (χ1) is 10.7. The Morgan fingerprint density at radius 1 is 1.41 bits per heavy atom. The molecular weight excluding hydrogens is 302 g/mol. The number of esters is 1. The zero-order valence-corrected chi connectivity index (χ0v) is 13.5. The van der Waals surface area contributed by atoms with Crippen LogP contribution in [0.3, 0.4) is 0 Å². The third-order valence-corrected chi connectivity index (χ3v) is 4.68. The van der Waals surface area contributed by atoms with E-state index in [4.69, 9.17) is 4.74 Å². The molecular formula is C16H21NO4S. The van der Waals surface area contributed by atoms with E-state index in [-0.39, 0.29) is 30.9 Å². The van der Waals surface area contributed by atoms with E-state index < -0.39 is 0 Å². The maximum atomic E-state index is 12.8. The minimum Gasteiger partial charge on any atom is -0.466 e. The lowest BCUT2D eigenvalue weighted by Crippen LogP contribution is -2.48. The molecule has 1 aromatic carbocycles. The number of thioether (sulfide) groups is 1. The minimum absolute atomic E-state index is 0.0429. The van der Waals surface area contributed by atoms with Crippen molar-refractivity contribution in [2.24, 2.45) is 0 Å². The SMILES string of the molecule is CCOC(=O)Cc1ccccc1C(=O)N1CCSCC1CO. The number of hydrogen-bond donors (Lipinski definition) is 1. The lowest BCUT2D eigenvalue weighted by atomic mass is 10.0. The van der Waals surface area contributed by atoms with Crippen molar-refractivity contribution in [1.82, 2.24) is 4.90 Å². The molecule has 0 radical (unpaired) electrons. The largest absolute Gasteiger partial charge is 0.466 e. The maximum Gasteiger partial charge on any atom is 0.310 e. The molecule has 0 aromatic heterocycles. The second kappa shape index (κ2) is 8.19. The van der Waals surface area contributed by atoms with Crippen molar-refractivity contribution in [2.45, 2.75) is 19.4 Å². The minimum atomic E-state index is -0.337. The van der Waals surface area contributed by atoms with E-state index in [0.717, 1.165) is 11.5 Å². The molecule has 1 unspecified atom stereocenters.